The minimum absolute atomic E-state index is 0.146. The summed E-state index contributed by atoms with van der Waals surface area (Å²) in [7, 11) is -2.16. The van der Waals surface area contributed by atoms with Crippen molar-refractivity contribution in [3.63, 3.8) is 0 Å². The number of nitrogens with zero attached hydrogens (tertiary/aromatic N) is 1. The van der Waals surface area contributed by atoms with E-state index in [2.05, 4.69) is 12.2 Å². The topological polar surface area (TPSA) is 75.7 Å². The lowest BCUT2D eigenvalue weighted by Gasteiger charge is -2.20. The Morgan fingerprint density at radius 3 is 2.13 bits per heavy atom. The zero-order valence-corrected chi connectivity index (χ0v) is 18.6. The third-order valence-electron chi connectivity index (χ3n) is 4.90. The van der Waals surface area contributed by atoms with Gasteiger partial charge in [0.05, 0.1) is 10.6 Å². The highest BCUT2D eigenvalue weighted by atomic mass is 32.2. The Kier molecular flexibility index (Phi) is 6.97. The van der Waals surface area contributed by atoms with Crippen LogP contribution in [0.25, 0.3) is 0 Å². The van der Waals surface area contributed by atoms with Gasteiger partial charge in [-0.1, -0.05) is 36.8 Å². The summed E-state index contributed by atoms with van der Waals surface area (Å²) in [6.07, 6.45) is 0.939. The molecular weight excluding hydrogens is 412 g/mol. The maximum Gasteiger partial charge on any atom is 0.264 e. The lowest BCUT2D eigenvalue weighted by molar-refractivity contribution is -0.118. The van der Waals surface area contributed by atoms with E-state index < -0.39 is 10.0 Å². The first kappa shape index (κ1) is 22.4. The highest BCUT2D eigenvalue weighted by Crippen LogP contribution is 2.24. The largest absolute Gasteiger partial charge is 0.484 e. The van der Waals surface area contributed by atoms with Gasteiger partial charge >= 0.3 is 0 Å². The summed E-state index contributed by atoms with van der Waals surface area (Å²) in [4.78, 5) is 12.3. The average Bonchev–Trinajstić information content (AvgIpc) is 2.78. The number of carbonyl (C=O) groups excluding carboxylic acids is 1. The molecule has 0 aliphatic rings. The van der Waals surface area contributed by atoms with Gasteiger partial charge in [-0.25, -0.2) is 8.42 Å². The highest BCUT2D eigenvalue weighted by molar-refractivity contribution is 7.92. The number of sulfonamides is 1. The van der Waals surface area contributed by atoms with E-state index in [0.29, 0.717) is 17.1 Å². The van der Waals surface area contributed by atoms with Gasteiger partial charge in [0.1, 0.15) is 5.75 Å². The predicted molar refractivity (Wildman–Crippen MR) is 123 cm³/mol. The normalized spacial score (nSPS) is 11.1. The molecule has 162 valence electrons. The molecule has 3 rings (SSSR count). The molecule has 0 aromatic heterocycles. The minimum Gasteiger partial charge on any atom is -0.484 e. The lowest BCUT2D eigenvalue weighted by Crippen LogP contribution is -2.26. The van der Waals surface area contributed by atoms with Crippen molar-refractivity contribution >= 4 is 27.3 Å². The van der Waals surface area contributed by atoms with Crippen LogP contribution >= 0.6 is 0 Å². The number of hydrogen-bond donors (Lipinski definition) is 1. The van der Waals surface area contributed by atoms with Crippen LogP contribution in [0, 0.1) is 6.92 Å². The third-order valence-corrected chi connectivity index (χ3v) is 6.70. The molecule has 0 fully saturated rings. The van der Waals surface area contributed by atoms with E-state index in [0.717, 1.165) is 12.0 Å². The average molecular weight is 439 g/mol. The fourth-order valence-corrected chi connectivity index (χ4v) is 4.12. The summed E-state index contributed by atoms with van der Waals surface area (Å²) >= 11 is 0. The van der Waals surface area contributed by atoms with Gasteiger partial charge in [-0.3, -0.25) is 9.10 Å². The van der Waals surface area contributed by atoms with Crippen LogP contribution < -0.4 is 14.4 Å². The molecule has 0 aliphatic carbocycles. The second kappa shape index (κ2) is 9.66. The van der Waals surface area contributed by atoms with Gasteiger partial charge in [0.2, 0.25) is 0 Å². The Morgan fingerprint density at radius 2 is 1.55 bits per heavy atom. The van der Waals surface area contributed by atoms with E-state index in [4.69, 9.17) is 4.74 Å². The summed E-state index contributed by atoms with van der Waals surface area (Å²) in [6.45, 7) is 3.83. The molecule has 0 heterocycles. The molecule has 0 atom stereocenters. The van der Waals surface area contributed by atoms with Gasteiger partial charge in [-0.05, 0) is 67.4 Å². The molecule has 0 aliphatic heterocycles. The van der Waals surface area contributed by atoms with Crippen LogP contribution in [0.2, 0.25) is 0 Å². The number of hydrogen-bond acceptors (Lipinski definition) is 4. The molecule has 1 N–H and O–H groups in total. The predicted octanol–water partition coefficient (Wildman–Crippen LogP) is 4.40. The second-order valence-electron chi connectivity index (χ2n) is 7.17. The second-order valence-corrected chi connectivity index (χ2v) is 9.14. The van der Waals surface area contributed by atoms with Crippen molar-refractivity contribution < 1.29 is 17.9 Å². The molecule has 0 saturated heterocycles. The number of ether oxygens (including phenoxy) is 1. The lowest BCUT2D eigenvalue weighted by atomic mass is 10.1. The molecule has 6 nitrogen and oxygen atoms in total. The van der Waals surface area contributed by atoms with E-state index >= 15 is 0 Å². The van der Waals surface area contributed by atoms with Gasteiger partial charge < -0.3 is 10.1 Å². The molecule has 0 bridgehead atoms. The number of rotatable bonds is 8. The number of carbonyl (C=O) groups is 1. The fraction of sp³-hybridized carbons (Fsp3) is 0.208. The number of benzene rings is 3. The Bertz CT molecular complexity index is 1120. The third kappa shape index (κ3) is 5.64. The quantitative estimate of drug-likeness (QED) is 0.566. The molecular formula is C24H26N2O4S. The number of nitrogens with one attached hydrogen (secondary N) is 1. The molecule has 3 aromatic rings. The zero-order chi connectivity index (χ0) is 22.4. The van der Waals surface area contributed by atoms with Crippen LogP contribution in [-0.4, -0.2) is 28.0 Å². The van der Waals surface area contributed by atoms with E-state index in [-0.39, 0.29) is 17.4 Å². The minimum atomic E-state index is -3.66. The van der Waals surface area contributed by atoms with E-state index in [9.17, 15) is 13.2 Å². The van der Waals surface area contributed by atoms with Gasteiger partial charge in [0.15, 0.2) is 6.61 Å². The molecule has 3 aromatic carbocycles. The van der Waals surface area contributed by atoms with Crippen molar-refractivity contribution in [2.45, 2.75) is 25.2 Å². The van der Waals surface area contributed by atoms with Crippen LogP contribution in [0.3, 0.4) is 0 Å². The first-order chi connectivity index (χ1) is 14.8. The van der Waals surface area contributed by atoms with Crippen molar-refractivity contribution in [1.82, 2.24) is 0 Å². The molecule has 1 amide bonds. The van der Waals surface area contributed by atoms with Crippen molar-refractivity contribution in [1.29, 1.82) is 0 Å². The fourth-order valence-electron chi connectivity index (χ4n) is 2.93. The highest BCUT2D eigenvalue weighted by Gasteiger charge is 2.21. The maximum absolute atomic E-state index is 12.8. The molecule has 0 radical (unpaired) electrons. The molecule has 0 saturated carbocycles. The summed E-state index contributed by atoms with van der Waals surface area (Å²) in [5.41, 5.74) is 3.39. The number of anilines is 2. The summed E-state index contributed by atoms with van der Waals surface area (Å²) in [6, 6.07) is 20.9. The summed E-state index contributed by atoms with van der Waals surface area (Å²) in [5, 5.41) is 2.78. The van der Waals surface area contributed by atoms with E-state index in [1.54, 1.807) is 48.5 Å². The first-order valence-electron chi connectivity index (χ1n) is 9.97. The van der Waals surface area contributed by atoms with Crippen molar-refractivity contribution in [3.8, 4) is 5.75 Å². The standard InChI is InChI=1S/C24H26N2O4S/c1-4-19-7-9-20(10-8-19)25-24(27)17-30-22-13-11-21(12-14-22)26(3)31(28,29)23-15-5-18(2)6-16-23/h5-16H,4,17H2,1-3H3,(H,25,27). The van der Waals surface area contributed by atoms with Crippen molar-refractivity contribution in [2.24, 2.45) is 0 Å². The van der Waals surface area contributed by atoms with Gasteiger partial charge in [-0.15, -0.1) is 0 Å². The van der Waals surface area contributed by atoms with Gasteiger partial charge in [0, 0.05) is 12.7 Å². The van der Waals surface area contributed by atoms with Gasteiger partial charge in [-0.2, -0.15) is 0 Å². The molecule has 0 spiro atoms. The van der Waals surface area contributed by atoms with Crippen molar-refractivity contribution in [2.75, 3.05) is 23.3 Å². The smallest absolute Gasteiger partial charge is 0.264 e. The van der Waals surface area contributed by atoms with Crippen LogP contribution in [0.5, 0.6) is 5.75 Å². The van der Waals surface area contributed by atoms with E-state index in [1.165, 1.54) is 16.9 Å². The number of amides is 1. The van der Waals surface area contributed by atoms with E-state index in [1.807, 2.05) is 31.2 Å². The van der Waals surface area contributed by atoms with Crippen molar-refractivity contribution in [3.05, 3.63) is 83.9 Å². The summed E-state index contributed by atoms with van der Waals surface area (Å²) < 4.78 is 32.3. The molecule has 7 heteroatoms. The Labute approximate surface area is 183 Å². The monoisotopic (exact) mass is 438 g/mol. The molecule has 0 unspecified atom stereocenters. The van der Waals surface area contributed by atoms with Gasteiger partial charge in [0.25, 0.3) is 15.9 Å². The van der Waals surface area contributed by atoms with Crippen LogP contribution in [0.4, 0.5) is 11.4 Å². The zero-order valence-electron chi connectivity index (χ0n) is 17.8. The van der Waals surface area contributed by atoms with Crippen LogP contribution in [0.1, 0.15) is 18.1 Å². The Balaban J connectivity index is 1.59. The first-order valence-corrected chi connectivity index (χ1v) is 11.4. The SMILES string of the molecule is CCc1ccc(NC(=O)COc2ccc(N(C)S(=O)(=O)c3ccc(C)cc3)cc2)cc1. The molecule has 31 heavy (non-hydrogen) atoms. The Morgan fingerprint density at radius 1 is 0.935 bits per heavy atom. The summed E-state index contributed by atoms with van der Waals surface area (Å²) in [5.74, 6) is 0.203. The maximum atomic E-state index is 12.8. The Hall–Kier alpha value is -3.32. The number of aryl methyl sites for hydroxylation is 2. The van der Waals surface area contributed by atoms with Crippen LogP contribution in [0.15, 0.2) is 77.7 Å². The van der Waals surface area contributed by atoms with Crippen LogP contribution in [-0.2, 0) is 21.2 Å².